The largest absolute Gasteiger partial charge is 0.480 e. The Morgan fingerprint density at radius 1 is 1.35 bits per heavy atom. The molecule has 1 atom stereocenters. The maximum Gasteiger partial charge on any atom is 0.326 e. The highest BCUT2D eigenvalue weighted by atomic mass is 16.5. The highest BCUT2D eigenvalue weighted by Gasteiger charge is 2.20. The first kappa shape index (κ1) is 15.7. The van der Waals surface area contributed by atoms with E-state index >= 15 is 0 Å². The molecule has 1 aromatic carbocycles. The fourth-order valence-corrected chi connectivity index (χ4v) is 1.68. The van der Waals surface area contributed by atoms with Gasteiger partial charge in [-0.25, -0.2) is 4.79 Å². The second kappa shape index (κ2) is 7.28. The first-order valence-corrected chi connectivity index (χ1v) is 6.09. The van der Waals surface area contributed by atoms with E-state index in [9.17, 15) is 14.4 Å². The minimum absolute atomic E-state index is 0.169. The number of hydrogen-bond acceptors (Lipinski definition) is 4. The average molecular weight is 279 g/mol. The fourth-order valence-electron chi connectivity index (χ4n) is 1.68. The molecule has 2 N–H and O–H groups in total. The molecule has 0 fully saturated rings. The third kappa shape index (κ3) is 5.51. The van der Waals surface area contributed by atoms with Crippen LogP contribution in [0.4, 0.5) is 0 Å². The number of carboxylic acids is 1. The van der Waals surface area contributed by atoms with Gasteiger partial charge in [-0.2, -0.15) is 0 Å². The number of amides is 1. The quantitative estimate of drug-likeness (QED) is 0.747. The molecule has 0 aromatic heterocycles. The SMILES string of the molecule is CC(=O)OCC(=O)N[C@@H](Cc1cccc(C)c1)C(=O)O. The number of rotatable bonds is 6. The van der Waals surface area contributed by atoms with E-state index in [0.29, 0.717) is 0 Å². The molecule has 1 rings (SSSR count). The molecule has 20 heavy (non-hydrogen) atoms. The lowest BCUT2D eigenvalue weighted by Crippen LogP contribution is -2.44. The predicted molar refractivity (Wildman–Crippen MR) is 71.1 cm³/mol. The molecule has 0 saturated carbocycles. The molecule has 0 aliphatic carbocycles. The van der Waals surface area contributed by atoms with Crippen LogP contribution in [0.25, 0.3) is 0 Å². The van der Waals surface area contributed by atoms with Crippen LogP contribution in [-0.4, -0.2) is 35.6 Å². The Labute approximate surface area is 116 Å². The van der Waals surface area contributed by atoms with E-state index < -0.39 is 30.5 Å². The molecule has 0 unspecified atom stereocenters. The number of esters is 1. The molecule has 0 radical (unpaired) electrons. The zero-order chi connectivity index (χ0) is 15.1. The Kier molecular flexibility index (Phi) is 5.71. The molecule has 6 nitrogen and oxygen atoms in total. The van der Waals surface area contributed by atoms with Gasteiger partial charge in [-0.05, 0) is 12.5 Å². The second-order valence-electron chi connectivity index (χ2n) is 4.43. The first-order chi connectivity index (χ1) is 9.38. The van der Waals surface area contributed by atoms with E-state index in [1.807, 2.05) is 25.1 Å². The van der Waals surface area contributed by atoms with Gasteiger partial charge in [0.15, 0.2) is 6.61 Å². The van der Waals surface area contributed by atoms with Crippen LogP contribution in [0, 0.1) is 6.92 Å². The summed E-state index contributed by atoms with van der Waals surface area (Å²) in [6.45, 7) is 2.60. The van der Waals surface area contributed by atoms with Crippen molar-refractivity contribution >= 4 is 17.8 Å². The lowest BCUT2D eigenvalue weighted by Gasteiger charge is -2.14. The molecule has 0 heterocycles. The Hall–Kier alpha value is -2.37. The van der Waals surface area contributed by atoms with Crippen LogP contribution in [0.3, 0.4) is 0 Å². The molecular weight excluding hydrogens is 262 g/mol. The smallest absolute Gasteiger partial charge is 0.326 e. The number of hydrogen-bond donors (Lipinski definition) is 2. The van der Waals surface area contributed by atoms with Gasteiger partial charge in [0.25, 0.3) is 5.91 Å². The van der Waals surface area contributed by atoms with Crippen molar-refractivity contribution < 1.29 is 24.2 Å². The van der Waals surface area contributed by atoms with Gasteiger partial charge in [0.1, 0.15) is 6.04 Å². The van der Waals surface area contributed by atoms with Crippen LogP contribution in [-0.2, 0) is 25.5 Å². The topological polar surface area (TPSA) is 92.7 Å². The van der Waals surface area contributed by atoms with Crippen molar-refractivity contribution in [2.75, 3.05) is 6.61 Å². The predicted octanol–water partition coefficient (Wildman–Crippen LogP) is 0.670. The summed E-state index contributed by atoms with van der Waals surface area (Å²) in [6, 6.07) is 6.32. The van der Waals surface area contributed by atoms with Crippen molar-refractivity contribution in [3.8, 4) is 0 Å². The van der Waals surface area contributed by atoms with Gasteiger partial charge >= 0.3 is 11.9 Å². The lowest BCUT2D eigenvalue weighted by molar-refractivity contribution is -0.148. The van der Waals surface area contributed by atoms with Crippen LogP contribution in [0.5, 0.6) is 0 Å². The third-order valence-corrected chi connectivity index (χ3v) is 2.56. The fraction of sp³-hybridized carbons (Fsp3) is 0.357. The van der Waals surface area contributed by atoms with Crippen molar-refractivity contribution in [3.63, 3.8) is 0 Å². The highest BCUT2D eigenvalue weighted by molar-refractivity contribution is 5.85. The average Bonchev–Trinajstić information content (AvgIpc) is 2.35. The summed E-state index contributed by atoms with van der Waals surface area (Å²) in [6.07, 6.45) is 0.169. The Bertz CT molecular complexity index is 512. The molecule has 0 saturated heterocycles. The van der Waals surface area contributed by atoms with E-state index in [-0.39, 0.29) is 6.42 Å². The molecule has 0 aliphatic rings. The van der Waals surface area contributed by atoms with E-state index in [2.05, 4.69) is 10.1 Å². The number of aryl methyl sites for hydroxylation is 1. The summed E-state index contributed by atoms with van der Waals surface area (Å²) >= 11 is 0. The summed E-state index contributed by atoms with van der Waals surface area (Å²) in [7, 11) is 0. The van der Waals surface area contributed by atoms with Crippen LogP contribution in [0.1, 0.15) is 18.1 Å². The number of nitrogens with one attached hydrogen (secondary N) is 1. The van der Waals surface area contributed by atoms with Gasteiger partial charge < -0.3 is 15.2 Å². The van der Waals surface area contributed by atoms with Crippen molar-refractivity contribution in [3.05, 3.63) is 35.4 Å². The van der Waals surface area contributed by atoms with Crippen LogP contribution in [0.15, 0.2) is 24.3 Å². The lowest BCUT2D eigenvalue weighted by atomic mass is 10.0. The van der Waals surface area contributed by atoms with Gasteiger partial charge in [-0.15, -0.1) is 0 Å². The normalized spacial score (nSPS) is 11.5. The zero-order valence-electron chi connectivity index (χ0n) is 11.4. The van der Waals surface area contributed by atoms with Crippen LogP contribution >= 0.6 is 0 Å². The summed E-state index contributed by atoms with van der Waals surface area (Å²) in [5.41, 5.74) is 1.82. The highest BCUT2D eigenvalue weighted by Crippen LogP contribution is 2.07. The number of aliphatic carboxylic acids is 1. The van der Waals surface area contributed by atoms with E-state index in [1.54, 1.807) is 6.07 Å². The molecule has 108 valence electrons. The zero-order valence-corrected chi connectivity index (χ0v) is 11.4. The Morgan fingerprint density at radius 2 is 2.05 bits per heavy atom. The molecule has 0 aliphatic heterocycles. The maximum absolute atomic E-state index is 11.5. The Balaban J connectivity index is 2.63. The minimum Gasteiger partial charge on any atom is -0.480 e. The summed E-state index contributed by atoms with van der Waals surface area (Å²) in [4.78, 5) is 33.2. The van der Waals surface area contributed by atoms with Gasteiger partial charge in [-0.3, -0.25) is 9.59 Å². The molecule has 6 heteroatoms. The van der Waals surface area contributed by atoms with E-state index in [4.69, 9.17) is 5.11 Å². The maximum atomic E-state index is 11.5. The van der Waals surface area contributed by atoms with Crippen molar-refractivity contribution in [1.29, 1.82) is 0 Å². The summed E-state index contributed by atoms with van der Waals surface area (Å²) in [5, 5.41) is 11.4. The standard InChI is InChI=1S/C14H17NO5/c1-9-4-3-5-11(6-9)7-12(14(18)19)15-13(17)8-20-10(2)16/h3-6,12H,7-8H2,1-2H3,(H,15,17)(H,18,19)/t12-/m0/s1. The minimum atomic E-state index is -1.14. The molecule has 1 aromatic rings. The van der Waals surface area contributed by atoms with Gasteiger partial charge in [0, 0.05) is 13.3 Å². The van der Waals surface area contributed by atoms with Crippen LogP contribution < -0.4 is 5.32 Å². The second-order valence-corrected chi connectivity index (χ2v) is 4.43. The van der Waals surface area contributed by atoms with Crippen molar-refractivity contribution in [1.82, 2.24) is 5.32 Å². The molecule has 0 bridgehead atoms. The number of ether oxygens (including phenoxy) is 1. The number of carboxylic acid groups (broad SMARTS) is 1. The third-order valence-electron chi connectivity index (χ3n) is 2.56. The number of carbonyl (C=O) groups excluding carboxylic acids is 2. The van der Waals surface area contributed by atoms with Crippen LogP contribution in [0.2, 0.25) is 0 Å². The van der Waals surface area contributed by atoms with Gasteiger partial charge in [0.2, 0.25) is 0 Å². The van der Waals surface area contributed by atoms with E-state index in [0.717, 1.165) is 11.1 Å². The van der Waals surface area contributed by atoms with Gasteiger partial charge in [0.05, 0.1) is 0 Å². The Morgan fingerprint density at radius 3 is 2.60 bits per heavy atom. The monoisotopic (exact) mass is 279 g/mol. The first-order valence-electron chi connectivity index (χ1n) is 6.09. The van der Waals surface area contributed by atoms with Crippen molar-refractivity contribution in [2.24, 2.45) is 0 Å². The van der Waals surface area contributed by atoms with Gasteiger partial charge in [-0.1, -0.05) is 29.8 Å². The van der Waals surface area contributed by atoms with E-state index in [1.165, 1.54) is 6.92 Å². The molecule has 1 amide bonds. The number of benzene rings is 1. The summed E-state index contributed by atoms with van der Waals surface area (Å²) in [5.74, 6) is -2.37. The molecule has 0 spiro atoms. The van der Waals surface area contributed by atoms with Crippen molar-refractivity contribution in [2.45, 2.75) is 26.3 Å². The number of carbonyl (C=O) groups is 3. The molecular formula is C14H17NO5. The summed E-state index contributed by atoms with van der Waals surface area (Å²) < 4.78 is 4.51.